The molecule has 0 atom stereocenters. The Morgan fingerprint density at radius 2 is 2.39 bits per heavy atom. The maximum absolute atomic E-state index is 5.32. The molecule has 18 heavy (non-hydrogen) atoms. The maximum Gasteiger partial charge on any atom is 0.151 e. The number of aromatic nitrogens is 1. The highest BCUT2D eigenvalue weighted by molar-refractivity contribution is 5.99. The van der Waals surface area contributed by atoms with Gasteiger partial charge in [-0.1, -0.05) is 19.4 Å². The van der Waals surface area contributed by atoms with E-state index in [9.17, 15) is 0 Å². The van der Waals surface area contributed by atoms with Gasteiger partial charge in [0.1, 0.15) is 11.5 Å². The predicted molar refractivity (Wildman–Crippen MR) is 72.5 cm³/mol. The summed E-state index contributed by atoms with van der Waals surface area (Å²) in [5, 5.41) is 3.20. The predicted octanol–water partition coefficient (Wildman–Crippen LogP) is 2.26. The Bertz CT molecular complexity index is 466. The summed E-state index contributed by atoms with van der Waals surface area (Å²) in [5.74, 6) is 1.73. The van der Waals surface area contributed by atoms with Crippen LogP contribution in [0.4, 0.5) is 0 Å². The number of amidine groups is 1. The van der Waals surface area contributed by atoms with E-state index in [1.807, 2.05) is 12.3 Å². The number of ether oxygens (including phenoxy) is 1. The van der Waals surface area contributed by atoms with Gasteiger partial charge in [-0.2, -0.15) is 0 Å². The first-order chi connectivity index (χ1) is 8.85. The molecule has 2 heterocycles. The van der Waals surface area contributed by atoms with Gasteiger partial charge in [-0.15, -0.1) is 0 Å². The number of hydrogen-bond acceptors (Lipinski definition) is 3. The largest absolute Gasteiger partial charge is 0.499 e. The SMILES string of the molecule is CCCCN=C1NC=C(OC)Cc2cccnc21. The number of allylic oxidation sites excluding steroid dienone is 1. The van der Waals surface area contributed by atoms with Crippen LogP contribution in [-0.4, -0.2) is 24.5 Å². The van der Waals surface area contributed by atoms with Gasteiger partial charge >= 0.3 is 0 Å². The fraction of sp³-hybridized carbons (Fsp3) is 0.429. The van der Waals surface area contributed by atoms with Gasteiger partial charge in [-0.25, -0.2) is 0 Å². The first-order valence-corrected chi connectivity index (χ1v) is 6.33. The van der Waals surface area contributed by atoms with E-state index in [1.54, 1.807) is 13.3 Å². The molecule has 0 saturated carbocycles. The average molecular weight is 245 g/mol. The fourth-order valence-electron chi connectivity index (χ4n) is 1.85. The molecule has 4 heteroatoms. The van der Waals surface area contributed by atoms with E-state index in [2.05, 4.69) is 28.3 Å². The first-order valence-electron chi connectivity index (χ1n) is 6.33. The van der Waals surface area contributed by atoms with E-state index < -0.39 is 0 Å². The van der Waals surface area contributed by atoms with Crippen molar-refractivity contribution in [3.05, 3.63) is 41.5 Å². The number of hydrogen-bond donors (Lipinski definition) is 1. The lowest BCUT2D eigenvalue weighted by Crippen LogP contribution is -2.20. The van der Waals surface area contributed by atoms with Crippen LogP contribution in [-0.2, 0) is 11.2 Å². The Balaban J connectivity index is 2.30. The van der Waals surface area contributed by atoms with Crippen molar-refractivity contribution in [3.63, 3.8) is 0 Å². The Kier molecular flexibility index (Phi) is 4.34. The number of aliphatic imine (C=N–C) groups is 1. The summed E-state index contributed by atoms with van der Waals surface area (Å²) in [4.78, 5) is 9.01. The number of rotatable bonds is 4. The third-order valence-electron chi connectivity index (χ3n) is 2.89. The van der Waals surface area contributed by atoms with Crippen LogP contribution < -0.4 is 5.32 Å². The Morgan fingerprint density at radius 1 is 1.50 bits per heavy atom. The standard InChI is InChI=1S/C14H19N3O/c1-3-4-7-16-14-13-11(6-5-8-15-13)9-12(18-2)10-17-14/h5-6,8,10H,3-4,7,9H2,1-2H3,(H,16,17). The van der Waals surface area contributed by atoms with Gasteiger partial charge in [0.15, 0.2) is 5.84 Å². The quantitative estimate of drug-likeness (QED) is 0.828. The van der Waals surface area contributed by atoms with Crippen molar-refractivity contribution >= 4 is 5.84 Å². The molecule has 1 aromatic heterocycles. The lowest BCUT2D eigenvalue weighted by atomic mass is 10.1. The van der Waals surface area contributed by atoms with Gasteiger partial charge in [0.05, 0.1) is 7.11 Å². The molecule has 1 N–H and O–H groups in total. The highest BCUT2D eigenvalue weighted by Gasteiger charge is 2.15. The Labute approximate surface area is 108 Å². The van der Waals surface area contributed by atoms with E-state index >= 15 is 0 Å². The zero-order chi connectivity index (χ0) is 12.8. The van der Waals surface area contributed by atoms with E-state index in [0.717, 1.165) is 48.7 Å². The molecule has 4 nitrogen and oxygen atoms in total. The number of pyridine rings is 1. The van der Waals surface area contributed by atoms with Gasteiger partial charge in [-0.3, -0.25) is 9.98 Å². The molecule has 0 aliphatic carbocycles. The van der Waals surface area contributed by atoms with Crippen LogP contribution in [0.3, 0.4) is 0 Å². The molecule has 0 aromatic carbocycles. The van der Waals surface area contributed by atoms with E-state index in [0.29, 0.717) is 0 Å². The summed E-state index contributed by atoms with van der Waals surface area (Å²) in [6.45, 7) is 2.99. The van der Waals surface area contributed by atoms with Gasteiger partial charge < -0.3 is 10.1 Å². The van der Waals surface area contributed by atoms with Crippen LogP contribution in [0.2, 0.25) is 0 Å². The summed E-state index contributed by atoms with van der Waals surface area (Å²) in [6.07, 6.45) is 6.65. The van der Waals surface area contributed by atoms with E-state index in [1.165, 1.54) is 0 Å². The molecule has 0 saturated heterocycles. The monoisotopic (exact) mass is 245 g/mol. The van der Waals surface area contributed by atoms with Crippen LogP contribution in [0.25, 0.3) is 0 Å². The van der Waals surface area contributed by atoms with Gasteiger partial charge in [0.2, 0.25) is 0 Å². The third-order valence-corrected chi connectivity index (χ3v) is 2.89. The van der Waals surface area contributed by atoms with Crippen molar-refractivity contribution in [3.8, 4) is 0 Å². The smallest absolute Gasteiger partial charge is 0.151 e. The lowest BCUT2D eigenvalue weighted by Gasteiger charge is -2.07. The minimum Gasteiger partial charge on any atom is -0.499 e. The molecule has 0 bridgehead atoms. The summed E-state index contributed by atoms with van der Waals surface area (Å²) < 4.78 is 5.32. The minimum atomic E-state index is 0.749. The molecule has 1 aliphatic rings. The number of nitrogens with one attached hydrogen (secondary N) is 1. The second kappa shape index (κ2) is 6.19. The summed E-state index contributed by atoms with van der Waals surface area (Å²) in [6, 6.07) is 4.01. The molecule has 0 fully saturated rings. The topological polar surface area (TPSA) is 46.5 Å². The molecule has 96 valence electrons. The summed E-state index contributed by atoms with van der Waals surface area (Å²) in [7, 11) is 1.68. The first kappa shape index (κ1) is 12.6. The number of fused-ring (bicyclic) bond motifs is 1. The molecule has 1 aliphatic heterocycles. The van der Waals surface area contributed by atoms with Gasteiger partial charge in [0, 0.05) is 25.4 Å². The molecular weight excluding hydrogens is 226 g/mol. The third kappa shape index (κ3) is 2.88. The Hall–Kier alpha value is -1.84. The van der Waals surface area contributed by atoms with Crippen molar-refractivity contribution in [1.82, 2.24) is 10.3 Å². The highest BCUT2D eigenvalue weighted by atomic mass is 16.5. The lowest BCUT2D eigenvalue weighted by molar-refractivity contribution is 0.281. The van der Waals surface area contributed by atoms with E-state index in [4.69, 9.17) is 4.74 Å². The number of methoxy groups -OCH3 is 1. The van der Waals surface area contributed by atoms with Crippen molar-refractivity contribution in [2.75, 3.05) is 13.7 Å². The Morgan fingerprint density at radius 3 is 3.17 bits per heavy atom. The fourth-order valence-corrected chi connectivity index (χ4v) is 1.85. The molecule has 0 spiro atoms. The second-order valence-corrected chi connectivity index (χ2v) is 4.23. The molecule has 0 unspecified atom stereocenters. The number of unbranched alkanes of at least 4 members (excludes halogenated alkanes) is 1. The normalized spacial score (nSPS) is 16.6. The van der Waals surface area contributed by atoms with Crippen LogP contribution >= 0.6 is 0 Å². The average Bonchev–Trinajstić information content (AvgIpc) is 2.59. The van der Waals surface area contributed by atoms with Gasteiger partial charge in [0.25, 0.3) is 0 Å². The van der Waals surface area contributed by atoms with Crippen molar-refractivity contribution in [1.29, 1.82) is 0 Å². The molecule has 2 rings (SSSR count). The van der Waals surface area contributed by atoms with E-state index in [-0.39, 0.29) is 0 Å². The van der Waals surface area contributed by atoms with Crippen LogP contribution in [0, 0.1) is 0 Å². The van der Waals surface area contributed by atoms with Gasteiger partial charge in [-0.05, 0) is 18.1 Å². The summed E-state index contributed by atoms with van der Waals surface area (Å²) >= 11 is 0. The van der Waals surface area contributed by atoms with Crippen LogP contribution in [0.1, 0.15) is 31.0 Å². The molecule has 1 aromatic rings. The van der Waals surface area contributed by atoms with Crippen LogP contribution in [0.5, 0.6) is 0 Å². The van der Waals surface area contributed by atoms with Crippen LogP contribution in [0.15, 0.2) is 35.3 Å². The highest BCUT2D eigenvalue weighted by Crippen LogP contribution is 2.15. The summed E-state index contributed by atoms with van der Waals surface area (Å²) in [5.41, 5.74) is 2.07. The maximum atomic E-state index is 5.32. The zero-order valence-corrected chi connectivity index (χ0v) is 10.9. The van der Waals surface area contributed by atoms with Crippen molar-refractivity contribution in [2.24, 2.45) is 4.99 Å². The molecule has 0 amide bonds. The molecular formula is C14H19N3O. The zero-order valence-electron chi connectivity index (χ0n) is 10.9. The molecule has 0 radical (unpaired) electrons. The van der Waals surface area contributed by atoms with Crippen molar-refractivity contribution in [2.45, 2.75) is 26.2 Å². The number of nitrogens with zero attached hydrogens (tertiary/aromatic N) is 2. The second-order valence-electron chi connectivity index (χ2n) is 4.23. The van der Waals surface area contributed by atoms with Crippen molar-refractivity contribution < 1.29 is 4.74 Å². The minimum absolute atomic E-state index is 0.749.